The number of nitrogens with zero attached hydrogens (tertiary/aromatic N) is 1. The van der Waals surface area contributed by atoms with Gasteiger partial charge in [-0.25, -0.2) is 4.98 Å². The van der Waals surface area contributed by atoms with E-state index >= 15 is 0 Å². The second kappa shape index (κ2) is 5.85. The quantitative estimate of drug-likeness (QED) is 0.780. The van der Waals surface area contributed by atoms with E-state index in [2.05, 4.69) is 4.98 Å². The zero-order valence-electron chi connectivity index (χ0n) is 8.97. The minimum absolute atomic E-state index is 0.0569. The molecule has 0 radical (unpaired) electrons. The van der Waals surface area contributed by atoms with Crippen molar-refractivity contribution in [3.8, 4) is 5.88 Å². The first-order valence-corrected chi connectivity index (χ1v) is 4.84. The Hall–Kier alpha value is -1.91. The summed E-state index contributed by atoms with van der Waals surface area (Å²) in [4.78, 5) is 25.6. The van der Waals surface area contributed by atoms with E-state index in [9.17, 15) is 9.59 Å². The smallest absolute Gasteiger partial charge is 0.303 e. The summed E-state index contributed by atoms with van der Waals surface area (Å²) in [7, 11) is 1.51. The monoisotopic (exact) mass is 223 g/mol. The van der Waals surface area contributed by atoms with Crippen molar-refractivity contribution >= 4 is 11.8 Å². The van der Waals surface area contributed by atoms with Gasteiger partial charge in [0.1, 0.15) is 5.78 Å². The molecule has 0 bridgehead atoms. The largest absolute Gasteiger partial charge is 0.481 e. The van der Waals surface area contributed by atoms with Crippen LogP contribution in [0.4, 0.5) is 0 Å². The van der Waals surface area contributed by atoms with Gasteiger partial charge < -0.3 is 9.84 Å². The zero-order chi connectivity index (χ0) is 12.0. The standard InChI is InChI=1S/C11H13NO4/c1-16-10-4-2-8(7-12-10)6-9(13)3-5-11(14)15/h2,4,7H,3,5-6H2,1H3,(H,14,15). The number of carbonyl (C=O) groups is 2. The van der Waals surface area contributed by atoms with Crippen LogP contribution in [0.1, 0.15) is 18.4 Å². The van der Waals surface area contributed by atoms with Crippen molar-refractivity contribution in [1.82, 2.24) is 4.98 Å². The van der Waals surface area contributed by atoms with Crippen molar-refractivity contribution in [3.05, 3.63) is 23.9 Å². The Bertz CT molecular complexity index is 372. The highest BCUT2D eigenvalue weighted by molar-refractivity contribution is 5.84. The number of carboxylic acid groups (broad SMARTS) is 1. The highest BCUT2D eigenvalue weighted by Gasteiger charge is 2.07. The van der Waals surface area contributed by atoms with E-state index in [0.717, 1.165) is 5.56 Å². The van der Waals surface area contributed by atoms with Crippen molar-refractivity contribution in [2.75, 3.05) is 7.11 Å². The Labute approximate surface area is 93.1 Å². The third kappa shape index (κ3) is 4.08. The van der Waals surface area contributed by atoms with E-state index in [-0.39, 0.29) is 25.0 Å². The SMILES string of the molecule is COc1ccc(CC(=O)CCC(=O)O)cn1. The lowest BCUT2D eigenvalue weighted by molar-refractivity contribution is -0.138. The molecule has 5 heteroatoms. The predicted octanol–water partition coefficient (Wildman–Crippen LogP) is 1.07. The van der Waals surface area contributed by atoms with Crippen molar-refractivity contribution in [2.45, 2.75) is 19.3 Å². The summed E-state index contributed by atoms with van der Waals surface area (Å²) in [5, 5.41) is 8.42. The van der Waals surface area contributed by atoms with Crippen LogP contribution in [0.25, 0.3) is 0 Å². The number of ether oxygens (including phenoxy) is 1. The van der Waals surface area contributed by atoms with Crippen LogP contribution in [0, 0.1) is 0 Å². The summed E-state index contributed by atoms with van der Waals surface area (Å²) in [6.07, 6.45) is 1.70. The van der Waals surface area contributed by atoms with E-state index in [4.69, 9.17) is 9.84 Å². The van der Waals surface area contributed by atoms with Crippen molar-refractivity contribution in [2.24, 2.45) is 0 Å². The summed E-state index contributed by atoms with van der Waals surface area (Å²) in [5.74, 6) is -0.572. The molecule has 0 aliphatic heterocycles. The van der Waals surface area contributed by atoms with Gasteiger partial charge in [0.05, 0.1) is 13.5 Å². The first kappa shape index (κ1) is 12.2. The Morgan fingerprint density at radius 1 is 1.38 bits per heavy atom. The molecule has 0 spiro atoms. The van der Waals surface area contributed by atoms with Crippen molar-refractivity contribution < 1.29 is 19.4 Å². The Kier molecular flexibility index (Phi) is 4.44. The summed E-state index contributed by atoms with van der Waals surface area (Å²) >= 11 is 0. The maximum absolute atomic E-state index is 11.3. The molecule has 0 saturated heterocycles. The van der Waals surface area contributed by atoms with E-state index in [0.29, 0.717) is 5.88 Å². The van der Waals surface area contributed by atoms with Crippen molar-refractivity contribution in [3.63, 3.8) is 0 Å². The number of Topliss-reactive ketones (excluding diaryl/α,β-unsaturated/α-hetero) is 1. The number of aromatic nitrogens is 1. The normalized spacial score (nSPS) is 9.81. The molecule has 0 aliphatic carbocycles. The molecule has 1 heterocycles. The van der Waals surface area contributed by atoms with E-state index in [1.165, 1.54) is 7.11 Å². The molecule has 0 aliphatic rings. The number of hydrogen-bond acceptors (Lipinski definition) is 4. The summed E-state index contributed by atoms with van der Waals surface area (Å²) in [6.45, 7) is 0. The molecule has 0 saturated carbocycles. The van der Waals surface area contributed by atoms with Crippen LogP contribution >= 0.6 is 0 Å². The number of rotatable bonds is 6. The Morgan fingerprint density at radius 3 is 2.62 bits per heavy atom. The molecule has 0 amide bonds. The number of carbonyl (C=O) groups excluding carboxylic acids is 1. The average molecular weight is 223 g/mol. The van der Waals surface area contributed by atoms with Crippen LogP contribution in [0.2, 0.25) is 0 Å². The first-order valence-electron chi connectivity index (χ1n) is 4.84. The minimum Gasteiger partial charge on any atom is -0.481 e. The highest BCUT2D eigenvalue weighted by atomic mass is 16.5. The maximum atomic E-state index is 11.3. The molecule has 0 fully saturated rings. The van der Waals surface area contributed by atoms with Gasteiger partial charge in [-0.15, -0.1) is 0 Å². The second-order valence-electron chi connectivity index (χ2n) is 3.32. The molecule has 16 heavy (non-hydrogen) atoms. The summed E-state index contributed by atoms with van der Waals surface area (Å²) < 4.78 is 4.88. The lowest BCUT2D eigenvalue weighted by Crippen LogP contribution is -2.06. The third-order valence-corrected chi connectivity index (χ3v) is 2.03. The second-order valence-corrected chi connectivity index (χ2v) is 3.32. The fourth-order valence-corrected chi connectivity index (χ4v) is 1.20. The van der Waals surface area contributed by atoms with Gasteiger partial charge in [-0.3, -0.25) is 9.59 Å². The Balaban J connectivity index is 2.46. The number of pyridine rings is 1. The molecule has 1 aromatic rings. The van der Waals surface area contributed by atoms with Crippen molar-refractivity contribution in [1.29, 1.82) is 0 Å². The van der Waals surface area contributed by atoms with E-state index in [1.807, 2.05) is 0 Å². The average Bonchev–Trinajstić information content (AvgIpc) is 2.27. The Morgan fingerprint density at radius 2 is 2.12 bits per heavy atom. The van der Waals surface area contributed by atoms with Gasteiger partial charge >= 0.3 is 5.97 Å². The summed E-state index contributed by atoms with van der Waals surface area (Å²) in [5.41, 5.74) is 0.760. The maximum Gasteiger partial charge on any atom is 0.303 e. The topological polar surface area (TPSA) is 76.5 Å². The lowest BCUT2D eigenvalue weighted by Gasteiger charge is -2.01. The fraction of sp³-hybridized carbons (Fsp3) is 0.364. The zero-order valence-corrected chi connectivity index (χ0v) is 8.97. The van der Waals surface area contributed by atoms with Gasteiger partial charge in [0.25, 0.3) is 0 Å². The van der Waals surface area contributed by atoms with E-state index in [1.54, 1.807) is 18.3 Å². The van der Waals surface area contributed by atoms with Crippen LogP contribution in [0.5, 0.6) is 5.88 Å². The van der Waals surface area contributed by atoms with Gasteiger partial charge in [0.15, 0.2) is 0 Å². The number of ketones is 1. The van der Waals surface area contributed by atoms with Crippen LogP contribution < -0.4 is 4.74 Å². The van der Waals surface area contributed by atoms with Crippen LogP contribution in [-0.2, 0) is 16.0 Å². The number of aliphatic carboxylic acids is 1. The van der Waals surface area contributed by atoms with Gasteiger partial charge in [-0.1, -0.05) is 6.07 Å². The van der Waals surface area contributed by atoms with Crippen LogP contribution in [-0.4, -0.2) is 29.0 Å². The molecular formula is C11H13NO4. The third-order valence-electron chi connectivity index (χ3n) is 2.03. The predicted molar refractivity (Wildman–Crippen MR) is 56.4 cm³/mol. The number of carboxylic acids is 1. The molecule has 0 unspecified atom stereocenters. The molecule has 1 rings (SSSR count). The molecular weight excluding hydrogens is 210 g/mol. The first-order chi connectivity index (χ1) is 7.61. The summed E-state index contributed by atoms with van der Waals surface area (Å²) in [6, 6.07) is 3.41. The molecule has 0 atom stereocenters. The van der Waals surface area contributed by atoms with E-state index < -0.39 is 5.97 Å². The molecule has 1 N–H and O–H groups in total. The minimum atomic E-state index is -0.957. The highest BCUT2D eigenvalue weighted by Crippen LogP contribution is 2.08. The van der Waals surface area contributed by atoms with Gasteiger partial charge in [-0.2, -0.15) is 0 Å². The number of methoxy groups -OCH3 is 1. The molecule has 86 valence electrons. The molecule has 5 nitrogen and oxygen atoms in total. The molecule has 0 aromatic carbocycles. The van der Waals surface area contributed by atoms with Gasteiger partial charge in [-0.05, 0) is 5.56 Å². The van der Waals surface area contributed by atoms with Gasteiger partial charge in [0.2, 0.25) is 5.88 Å². The van der Waals surface area contributed by atoms with Crippen LogP contribution in [0.15, 0.2) is 18.3 Å². The fourth-order valence-electron chi connectivity index (χ4n) is 1.20. The van der Waals surface area contributed by atoms with Crippen LogP contribution in [0.3, 0.4) is 0 Å². The molecule has 1 aromatic heterocycles. The van der Waals surface area contributed by atoms with Gasteiger partial charge in [0, 0.05) is 25.1 Å². The lowest BCUT2D eigenvalue weighted by atomic mass is 10.1. The number of hydrogen-bond donors (Lipinski definition) is 1.